The number of aryl methyl sites for hydroxylation is 1. The maximum Gasteiger partial charge on any atom is 0.0945 e. The second-order valence-electron chi connectivity index (χ2n) is 4.25. The molecule has 3 nitrogen and oxygen atoms in total. The summed E-state index contributed by atoms with van der Waals surface area (Å²) in [6.45, 7) is 7.88. The maximum atomic E-state index is 4.02. The molecule has 86 valence electrons. The van der Waals surface area contributed by atoms with Gasteiger partial charge in [0.15, 0.2) is 0 Å². The molecule has 0 aliphatic heterocycles. The van der Waals surface area contributed by atoms with E-state index in [1.807, 2.05) is 18.7 Å². The number of hydrogen-bond acceptors (Lipinski definition) is 2. The molecule has 0 saturated carbocycles. The molecule has 1 N–H and O–H groups in total. The van der Waals surface area contributed by atoms with Gasteiger partial charge in [0, 0.05) is 18.9 Å². The maximum absolute atomic E-state index is 4.02. The SMILES string of the molecule is CCCC(C)CNCCCn1ccnc1. The normalized spacial score (nSPS) is 12.9. The van der Waals surface area contributed by atoms with E-state index in [9.17, 15) is 0 Å². The van der Waals surface area contributed by atoms with Crippen LogP contribution in [-0.2, 0) is 6.54 Å². The van der Waals surface area contributed by atoms with Gasteiger partial charge in [-0.05, 0) is 31.8 Å². The van der Waals surface area contributed by atoms with Crippen LogP contribution in [0.2, 0.25) is 0 Å². The molecule has 1 aromatic rings. The van der Waals surface area contributed by atoms with Crippen molar-refractivity contribution in [3.05, 3.63) is 18.7 Å². The van der Waals surface area contributed by atoms with E-state index in [-0.39, 0.29) is 0 Å². The standard InChI is InChI=1S/C12H23N3/c1-3-5-12(2)10-13-6-4-8-15-9-7-14-11-15/h7,9,11-13H,3-6,8,10H2,1-2H3. The molecule has 0 bridgehead atoms. The minimum atomic E-state index is 0.809. The molecule has 1 heterocycles. The van der Waals surface area contributed by atoms with E-state index in [4.69, 9.17) is 0 Å². The molecule has 0 saturated heterocycles. The van der Waals surface area contributed by atoms with Crippen molar-refractivity contribution in [2.75, 3.05) is 13.1 Å². The first-order valence-electron chi connectivity index (χ1n) is 5.99. The quantitative estimate of drug-likeness (QED) is 0.666. The Morgan fingerprint density at radius 3 is 3.00 bits per heavy atom. The van der Waals surface area contributed by atoms with E-state index in [1.165, 1.54) is 19.3 Å². The first-order valence-corrected chi connectivity index (χ1v) is 5.99. The third kappa shape index (κ3) is 5.57. The molecular weight excluding hydrogens is 186 g/mol. The van der Waals surface area contributed by atoms with E-state index in [0.29, 0.717) is 0 Å². The Hall–Kier alpha value is -0.830. The minimum Gasteiger partial charge on any atom is -0.337 e. The van der Waals surface area contributed by atoms with E-state index in [2.05, 4.69) is 28.7 Å². The lowest BCUT2D eigenvalue weighted by atomic mass is 10.1. The van der Waals surface area contributed by atoms with Crippen LogP contribution in [0, 0.1) is 5.92 Å². The number of nitrogens with zero attached hydrogens (tertiary/aromatic N) is 2. The lowest BCUT2D eigenvalue weighted by Gasteiger charge is -2.11. The fourth-order valence-corrected chi connectivity index (χ4v) is 1.75. The smallest absolute Gasteiger partial charge is 0.0945 e. The van der Waals surface area contributed by atoms with E-state index in [0.717, 1.165) is 25.6 Å². The van der Waals surface area contributed by atoms with Gasteiger partial charge in [-0.25, -0.2) is 4.98 Å². The van der Waals surface area contributed by atoms with Crippen molar-refractivity contribution >= 4 is 0 Å². The summed E-state index contributed by atoms with van der Waals surface area (Å²) in [6, 6.07) is 0. The van der Waals surface area contributed by atoms with Crippen molar-refractivity contribution < 1.29 is 0 Å². The average molecular weight is 209 g/mol. The van der Waals surface area contributed by atoms with E-state index >= 15 is 0 Å². The molecule has 0 fully saturated rings. The molecule has 1 aromatic heterocycles. The lowest BCUT2D eigenvalue weighted by Crippen LogP contribution is -2.23. The van der Waals surface area contributed by atoms with Crippen LogP contribution in [0.5, 0.6) is 0 Å². The molecule has 0 aliphatic rings. The lowest BCUT2D eigenvalue weighted by molar-refractivity contribution is 0.465. The van der Waals surface area contributed by atoms with E-state index < -0.39 is 0 Å². The largest absolute Gasteiger partial charge is 0.337 e. The number of imidazole rings is 1. The molecule has 0 radical (unpaired) electrons. The van der Waals surface area contributed by atoms with Gasteiger partial charge in [-0.15, -0.1) is 0 Å². The van der Waals surface area contributed by atoms with Crippen molar-refractivity contribution in [2.24, 2.45) is 5.92 Å². The fourth-order valence-electron chi connectivity index (χ4n) is 1.75. The van der Waals surface area contributed by atoms with Gasteiger partial charge < -0.3 is 9.88 Å². The Balaban J connectivity index is 1.93. The number of hydrogen-bond donors (Lipinski definition) is 1. The summed E-state index contributed by atoms with van der Waals surface area (Å²) < 4.78 is 2.12. The van der Waals surface area contributed by atoms with E-state index in [1.54, 1.807) is 0 Å². The van der Waals surface area contributed by atoms with Crippen LogP contribution in [0.1, 0.15) is 33.1 Å². The Morgan fingerprint density at radius 2 is 2.33 bits per heavy atom. The van der Waals surface area contributed by atoms with Gasteiger partial charge in [-0.1, -0.05) is 20.3 Å². The van der Waals surface area contributed by atoms with Gasteiger partial charge in [0.25, 0.3) is 0 Å². The summed E-state index contributed by atoms with van der Waals surface area (Å²) in [6.07, 6.45) is 9.51. The van der Waals surface area contributed by atoms with Crippen molar-refractivity contribution in [2.45, 2.75) is 39.7 Å². The molecular formula is C12H23N3. The number of rotatable bonds is 8. The zero-order valence-corrected chi connectivity index (χ0v) is 9.95. The highest BCUT2D eigenvalue weighted by molar-refractivity contribution is 4.73. The molecule has 0 aromatic carbocycles. The molecule has 0 spiro atoms. The van der Waals surface area contributed by atoms with Crippen LogP contribution in [-0.4, -0.2) is 22.6 Å². The summed E-state index contributed by atoms with van der Waals surface area (Å²) in [5.74, 6) is 0.809. The predicted molar refractivity (Wildman–Crippen MR) is 63.8 cm³/mol. The molecule has 0 aliphatic carbocycles. The third-order valence-electron chi connectivity index (χ3n) is 2.60. The Kier molecular flexibility index (Phi) is 6.09. The Labute approximate surface area is 92.9 Å². The van der Waals surface area contributed by atoms with Gasteiger partial charge in [0.05, 0.1) is 6.33 Å². The van der Waals surface area contributed by atoms with Crippen molar-refractivity contribution in [1.29, 1.82) is 0 Å². The monoisotopic (exact) mass is 209 g/mol. The summed E-state index contributed by atoms with van der Waals surface area (Å²) in [4.78, 5) is 4.02. The zero-order valence-electron chi connectivity index (χ0n) is 9.95. The van der Waals surface area contributed by atoms with Crippen LogP contribution in [0.4, 0.5) is 0 Å². The van der Waals surface area contributed by atoms with Gasteiger partial charge in [-0.2, -0.15) is 0 Å². The zero-order chi connectivity index (χ0) is 10.9. The topological polar surface area (TPSA) is 29.9 Å². The van der Waals surface area contributed by atoms with Gasteiger partial charge in [0.2, 0.25) is 0 Å². The summed E-state index contributed by atoms with van der Waals surface area (Å²) >= 11 is 0. The van der Waals surface area contributed by atoms with Crippen LogP contribution >= 0.6 is 0 Å². The summed E-state index contributed by atoms with van der Waals surface area (Å²) in [5.41, 5.74) is 0. The highest BCUT2D eigenvalue weighted by Crippen LogP contribution is 2.02. The molecule has 1 atom stereocenters. The minimum absolute atomic E-state index is 0.809. The van der Waals surface area contributed by atoms with Crippen LogP contribution in [0.25, 0.3) is 0 Å². The number of nitrogens with one attached hydrogen (secondary N) is 1. The fraction of sp³-hybridized carbons (Fsp3) is 0.750. The summed E-state index contributed by atoms with van der Waals surface area (Å²) in [7, 11) is 0. The second kappa shape index (κ2) is 7.46. The average Bonchev–Trinajstić information content (AvgIpc) is 2.70. The van der Waals surface area contributed by atoms with Crippen LogP contribution in [0.15, 0.2) is 18.7 Å². The number of aromatic nitrogens is 2. The third-order valence-corrected chi connectivity index (χ3v) is 2.60. The van der Waals surface area contributed by atoms with Crippen LogP contribution < -0.4 is 5.32 Å². The molecule has 1 unspecified atom stereocenters. The van der Waals surface area contributed by atoms with Crippen LogP contribution in [0.3, 0.4) is 0 Å². The van der Waals surface area contributed by atoms with Crippen molar-refractivity contribution in [3.63, 3.8) is 0 Å². The predicted octanol–water partition coefficient (Wildman–Crippen LogP) is 2.30. The van der Waals surface area contributed by atoms with Gasteiger partial charge in [-0.3, -0.25) is 0 Å². The first kappa shape index (κ1) is 12.2. The van der Waals surface area contributed by atoms with Gasteiger partial charge in [0.1, 0.15) is 0 Å². The Morgan fingerprint density at radius 1 is 1.47 bits per heavy atom. The molecule has 0 amide bonds. The molecule has 1 rings (SSSR count). The molecule has 3 heteroatoms. The highest BCUT2D eigenvalue weighted by Gasteiger charge is 1.98. The first-order chi connectivity index (χ1) is 7.33. The van der Waals surface area contributed by atoms with Crippen molar-refractivity contribution in [3.8, 4) is 0 Å². The molecule has 15 heavy (non-hydrogen) atoms. The van der Waals surface area contributed by atoms with Crippen molar-refractivity contribution in [1.82, 2.24) is 14.9 Å². The Bertz CT molecular complexity index is 231. The van der Waals surface area contributed by atoms with Gasteiger partial charge >= 0.3 is 0 Å². The second-order valence-corrected chi connectivity index (χ2v) is 4.25. The highest BCUT2D eigenvalue weighted by atomic mass is 15.0. The summed E-state index contributed by atoms with van der Waals surface area (Å²) in [5, 5.41) is 3.50.